The number of ether oxygens (including phenoxy) is 1. The number of aliphatic carboxylic acids is 1. The number of carboxylic acid groups (broad SMARTS) is 1. The van der Waals surface area contributed by atoms with Crippen molar-refractivity contribution in [2.75, 3.05) is 26.0 Å². The van der Waals surface area contributed by atoms with Crippen molar-refractivity contribution >= 4 is 53.0 Å². The Hall–Kier alpha value is -2.84. The molecular weight excluding hydrogens is 544 g/mol. The quantitative estimate of drug-likeness (QED) is 0.111. The zero-order valence-corrected chi connectivity index (χ0v) is 24.5. The number of nitrogens with zero attached hydrogens (tertiary/aromatic N) is 1. The summed E-state index contributed by atoms with van der Waals surface area (Å²) >= 11 is 1.13. The Morgan fingerprint density at radius 2 is 1.82 bits per heavy atom. The molecule has 40 heavy (non-hydrogen) atoms. The molecule has 13 nitrogen and oxygen atoms in total. The van der Waals surface area contributed by atoms with Crippen molar-refractivity contribution in [3.63, 3.8) is 0 Å². The number of carbonyl (C=O) groups is 7. The van der Waals surface area contributed by atoms with Crippen LogP contribution in [0.5, 0.6) is 0 Å². The van der Waals surface area contributed by atoms with Crippen LogP contribution in [-0.4, -0.2) is 100 Å². The molecule has 14 heteroatoms. The van der Waals surface area contributed by atoms with E-state index >= 15 is 0 Å². The van der Waals surface area contributed by atoms with Crippen LogP contribution in [0, 0.1) is 0 Å². The summed E-state index contributed by atoms with van der Waals surface area (Å²) in [4.78, 5) is 85.9. The van der Waals surface area contributed by atoms with Crippen molar-refractivity contribution < 1.29 is 43.4 Å². The highest BCUT2D eigenvalue weighted by Gasteiger charge is 2.39. The lowest BCUT2D eigenvalue weighted by Gasteiger charge is -2.34. The van der Waals surface area contributed by atoms with Gasteiger partial charge in [0.1, 0.15) is 5.78 Å². The van der Waals surface area contributed by atoms with E-state index in [-0.39, 0.29) is 81.3 Å². The van der Waals surface area contributed by atoms with E-state index in [2.05, 4.69) is 15.4 Å². The Balaban J connectivity index is 2.57. The maximum Gasteiger partial charge on any atom is 0.305 e. The number of thioether (sulfide) groups is 1. The van der Waals surface area contributed by atoms with E-state index in [4.69, 9.17) is 10.8 Å². The monoisotopic (exact) mass is 586 g/mol. The van der Waals surface area contributed by atoms with Crippen LogP contribution in [-0.2, 0) is 38.3 Å². The highest BCUT2D eigenvalue weighted by Crippen LogP contribution is 2.25. The Labute approximate surface area is 238 Å². The molecule has 1 saturated heterocycles. The van der Waals surface area contributed by atoms with Crippen LogP contribution in [0.4, 0.5) is 0 Å². The highest BCUT2D eigenvalue weighted by atomic mass is 32.2. The summed E-state index contributed by atoms with van der Waals surface area (Å²) in [6.45, 7) is 5.12. The van der Waals surface area contributed by atoms with Gasteiger partial charge < -0.3 is 20.9 Å². The number of nitrogens with two attached hydrogens (primary N) is 1. The largest absolute Gasteiger partial charge is 0.481 e. The van der Waals surface area contributed by atoms with E-state index in [1.807, 2.05) is 0 Å². The second-order valence-corrected chi connectivity index (χ2v) is 11.1. The van der Waals surface area contributed by atoms with E-state index < -0.39 is 46.6 Å². The molecule has 1 fully saturated rings. The summed E-state index contributed by atoms with van der Waals surface area (Å²) in [6, 6.07) is -1.73. The number of methoxy groups -OCH3 is 1. The first-order chi connectivity index (χ1) is 18.8. The fourth-order valence-corrected chi connectivity index (χ4v) is 5.29. The van der Waals surface area contributed by atoms with Crippen molar-refractivity contribution in [3.8, 4) is 0 Å². The van der Waals surface area contributed by atoms with E-state index in [9.17, 15) is 33.6 Å². The molecule has 0 bridgehead atoms. The smallest absolute Gasteiger partial charge is 0.305 e. The topological polar surface area (TPSA) is 202 Å². The Kier molecular flexibility index (Phi) is 15.0. The zero-order chi connectivity index (χ0) is 30.5. The average Bonchev–Trinajstić information content (AvgIpc) is 3.19. The van der Waals surface area contributed by atoms with Crippen LogP contribution in [0.25, 0.3) is 0 Å². The van der Waals surface area contributed by atoms with E-state index in [1.165, 1.54) is 7.11 Å². The number of esters is 1. The van der Waals surface area contributed by atoms with Gasteiger partial charge in [0.2, 0.25) is 17.7 Å². The fourth-order valence-electron chi connectivity index (χ4n) is 4.19. The molecule has 1 aliphatic heterocycles. The summed E-state index contributed by atoms with van der Waals surface area (Å²) in [5.41, 5.74) is 4.97. The standard InChI is InChI=1S/C26H42N4O9S/c1-5-18(31)17(8-10-23(36)39-4)29-26(3,6-2)24(37)16(27)7-9-20(32)28-12-13-30-21(33)15-19(25(30)38)40-14-11-22(34)35/h16-17,19,29H,5-15,27H2,1-4H3,(H,28,32)(H,34,35). The molecule has 4 atom stereocenters. The van der Waals surface area contributed by atoms with Crippen molar-refractivity contribution in [1.29, 1.82) is 0 Å². The average molecular weight is 587 g/mol. The van der Waals surface area contributed by atoms with Crippen molar-refractivity contribution in [2.45, 2.75) is 95.0 Å². The molecule has 226 valence electrons. The van der Waals surface area contributed by atoms with Gasteiger partial charge in [-0.15, -0.1) is 11.8 Å². The maximum atomic E-state index is 13.2. The first kappa shape index (κ1) is 35.2. The minimum atomic E-state index is -1.16. The van der Waals surface area contributed by atoms with Crippen LogP contribution in [0.1, 0.15) is 72.1 Å². The lowest BCUT2D eigenvalue weighted by Crippen LogP contribution is -2.60. The van der Waals surface area contributed by atoms with Gasteiger partial charge in [-0.1, -0.05) is 13.8 Å². The highest BCUT2D eigenvalue weighted by molar-refractivity contribution is 8.00. The molecule has 0 spiro atoms. The van der Waals surface area contributed by atoms with Gasteiger partial charge in [-0.05, 0) is 26.2 Å². The van der Waals surface area contributed by atoms with Crippen LogP contribution < -0.4 is 16.4 Å². The molecule has 4 unspecified atom stereocenters. The van der Waals surface area contributed by atoms with E-state index in [0.717, 1.165) is 16.7 Å². The van der Waals surface area contributed by atoms with Crippen LogP contribution >= 0.6 is 11.8 Å². The molecule has 0 aliphatic carbocycles. The van der Waals surface area contributed by atoms with Gasteiger partial charge in [0.15, 0.2) is 5.78 Å². The number of hydrogen-bond donors (Lipinski definition) is 4. The first-order valence-corrected chi connectivity index (χ1v) is 14.5. The van der Waals surface area contributed by atoms with Crippen molar-refractivity contribution in [3.05, 3.63) is 0 Å². The number of imide groups is 1. The molecule has 1 rings (SSSR count). The number of likely N-dealkylation sites (tertiary alicyclic amines) is 1. The van der Waals surface area contributed by atoms with Gasteiger partial charge >= 0.3 is 11.9 Å². The van der Waals surface area contributed by atoms with Crippen LogP contribution in [0.15, 0.2) is 0 Å². The lowest BCUT2D eigenvalue weighted by atomic mass is 9.85. The molecule has 0 aromatic rings. The van der Waals surface area contributed by atoms with Crippen molar-refractivity contribution in [1.82, 2.24) is 15.5 Å². The Morgan fingerprint density at radius 3 is 2.40 bits per heavy atom. The molecule has 1 heterocycles. The lowest BCUT2D eigenvalue weighted by molar-refractivity contribution is -0.141. The molecule has 1 aliphatic rings. The molecule has 5 N–H and O–H groups in total. The minimum absolute atomic E-state index is 0.00827. The first-order valence-electron chi connectivity index (χ1n) is 13.4. The number of Topliss-reactive ketones (excluding diaryl/α,β-unsaturated/α-hetero) is 2. The maximum absolute atomic E-state index is 13.2. The SMILES string of the molecule is CCC(=O)C(CCC(=O)OC)NC(C)(CC)C(=O)C(N)CCC(=O)NCCN1C(=O)CC(SCCC(=O)O)C1=O. The molecule has 0 aromatic carbocycles. The molecule has 0 radical (unpaired) electrons. The summed E-state index contributed by atoms with van der Waals surface area (Å²) < 4.78 is 4.65. The summed E-state index contributed by atoms with van der Waals surface area (Å²) in [6.07, 6.45) is 0.586. The van der Waals surface area contributed by atoms with Crippen LogP contribution in [0.3, 0.4) is 0 Å². The summed E-state index contributed by atoms with van der Waals surface area (Å²) in [7, 11) is 1.26. The summed E-state index contributed by atoms with van der Waals surface area (Å²) in [5, 5.41) is 13.8. The number of carboxylic acids is 1. The molecule has 0 saturated carbocycles. The van der Waals surface area contributed by atoms with Crippen molar-refractivity contribution in [2.24, 2.45) is 5.73 Å². The number of carbonyl (C=O) groups excluding carboxylic acids is 6. The normalized spacial score (nSPS) is 18.1. The van der Waals surface area contributed by atoms with Gasteiger partial charge in [-0.2, -0.15) is 0 Å². The molecule has 3 amide bonds. The van der Waals surface area contributed by atoms with E-state index in [1.54, 1.807) is 20.8 Å². The molecule has 0 aromatic heterocycles. The van der Waals surface area contributed by atoms with Crippen LogP contribution in [0.2, 0.25) is 0 Å². The third-order valence-corrected chi connectivity index (χ3v) is 8.07. The van der Waals surface area contributed by atoms with E-state index in [0.29, 0.717) is 6.42 Å². The predicted octanol–water partition coefficient (Wildman–Crippen LogP) is 0.174. The Bertz CT molecular complexity index is 960. The number of rotatable bonds is 20. The fraction of sp³-hybridized carbons (Fsp3) is 0.731. The minimum Gasteiger partial charge on any atom is -0.481 e. The number of hydrogen-bond acceptors (Lipinski definition) is 11. The third kappa shape index (κ3) is 11.0. The third-order valence-electron chi connectivity index (χ3n) is 6.86. The second kappa shape index (κ2) is 17.1. The number of ketones is 2. The van der Waals surface area contributed by atoms with Gasteiger partial charge in [-0.25, -0.2) is 0 Å². The van der Waals surface area contributed by atoms with Gasteiger partial charge in [-0.3, -0.25) is 43.8 Å². The van der Waals surface area contributed by atoms with Gasteiger partial charge in [0.05, 0.1) is 36.4 Å². The zero-order valence-electron chi connectivity index (χ0n) is 23.7. The number of amides is 3. The predicted molar refractivity (Wildman–Crippen MR) is 147 cm³/mol. The number of nitrogens with one attached hydrogen (secondary N) is 2. The second-order valence-electron chi connectivity index (χ2n) is 9.77. The van der Waals surface area contributed by atoms with Gasteiger partial charge in [0, 0.05) is 44.5 Å². The Morgan fingerprint density at radius 1 is 1.15 bits per heavy atom. The summed E-state index contributed by atoms with van der Waals surface area (Å²) in [5.74, 6) is -2.92. The molecular formula is C26H42N4O9S. The van der Waals surface area contributed by atoms with Gasteiger partial charge in [0.25, 0.3) is 0 Å².